The van der Waals surface area contributed by atoms with Crippen LogP contribution in [0.2, 0.25) is 0 Å². The van der Waals surface area contributed by atoms with Gasteiger partial charge in [0.1, 0.15) is 11.3 Å². The third kappa shape index (κ3) is 6.76. The lowest BCUT2D eigenvalue weighted by Crippen LogP contribution is -2.32. The molecule has 0 saturated heterocycles. The first kappa shape index (κ1) is 25.3. The molecule has 2 rings (SSSR count). The quantitative estimate of drug-likeness (QED) is 0.340. The molecular weight excluding hydrogens is 458 g/mol. The SMILES string of the molecule is CC(ON=C(C(=O)OC(C)S(=O)(=O)c1ccccc1)c1csc(N)n1)C(=O)OC(C)(C)C. The Hall–Kier alpha value is -2.99. The van der Waals surface area contributed by atoms with Crippen molar-refractivity contribution >= 4 is 44.0 Å². The van der Waals surface area contributed by atoms with Crippen molar-refractivity contribution in [2.45, 2.75) is 56.7 Å². The minimum atomic E-state index is -3.97. The van der Waals surface area contributed by atoms with Crippen LogP contribution < -0.4 is 5.73 Å². The molecule has 0 spiro atoms. The van der Waals surface area contributed by atoms with Crippen molar-refractivity contribution in [1.82, 2.24) is 4.98 Å². The molecule has 0 radical (unpaired) electrons. The third-order valence-corrected chi connectivity index (χ3v) is 6.35. The summed E-state index contributed by atoms with van der Waals surface area (Å²) in [6.07, 6.45) is -1.15. The summed E-state index contributed by atoms with van der Waals surface area (Å²) in [5, 5.41) is 5.27. The predicted molar refractivity (Wildman–Crippen MR) is 119 cm³/mol. The molecule has 0 aliphatic rings. The van der Waals surface area contributed by atoms with Gasteiger partial charge in [-0.3, -0.25) is 0 Å². The van der Waals surface area contributed by atoms with Gasteiger partial charge in [-0.15, -0.1) is 11.3 Å². The summed E-state index contributed by atoms with van der Waals surface area (Å²) in [5.74, 6) is -1.81. The summed E-state index contributed by atoms with van der Waals surface area (Å²) < 4.78 is 35.7. The van der Waals surface area contributed by atoms with Crippen LogP contribution in [0, 0.1) is 0 Å². The number of carbonyl (C=O) groups excluding carboxylic acids is 2. The Morgan fingerprint density at radius 2 is 1.78 bits per heavy atom. The third-order valence-electron chi connectivity index (χ3n) is 3.78. The fraction of sp³-hybridized carbons (Fsp3) is 0.400. The molecule has 2 N–H and O–H groups in total. The zero-order valence-corrected chi connectivity index (χ0v) is 19.9. The van der Waals surface area contributed by atoms with Gasteiger partial charge in [0, 0.05) is 5.38 Å². The maximum atomic E-state index is 12.8. The van der Waals surface area contributed by atoms with E-state index in [4.69, 9.17) is 20.0 Å². The predicted octanol–water partition coefficient (Wildman–Crippen LogP) is 2.54. The van der Waals surface area contributed by atoms with Crippen LogP contribution in [0.3, 0.4) is 0 Å². The van der Waals surface area contributed by atoms with E-state index in [1.165, 1.54) is 31.4 Å². The Bertz CT molecular complexity index is 1090. The lowest BCUT2D eigenvalue weighted by atomic mass is 10.2. The molecule has 1 heterocycles. The number of esters is 2. The fourth-order valence-electron chi connectivity index (χ4n) is 2.22. The molecule has 0 bridgehead atoms. The molecule has 1 aromatic heterocycles. The van der Waals surface area contributed by atoms with Crippen LogP contribution >= 0.6 is 11.3 Å². The maximum absolute atomic E-state index is 12.8. The average molecular weight is 484 g/mol. The van der Waals surface area contributed by atoms with Crippen molar-refractivity contribution in [3.05, 3.63) is 41.4 Å². The van der Waals surface area contributed by atoms with E-state index in [1.807, 2.05) is 0 Å². The molecule has 1 aromatic carbocycles. The molecule has 0 amide bonds. The number of nitrogens with zero attached hydrogens (tertiary/aromatic N) is 2. The van der Waals surface area contributed by atoms with Crippen molar-refractivity contribution in [2.75, 3.05) is 5.73 Å². The monoisotopic (exact) mass is 483 g/mol. The summed E-state index contributed by atoms with van der Waals surface area (Å²) in [7, 11) is -3.97. The van der Waals surface area contributed by atoms with E-state index >= 15 is 0 Å². The topological polar surface area (TPSA) is 147 Å². The summed E-state index contributed by atoms with van der Waals surface area (Å²) >= 11 is 1.03. The number of rotatable bonds is 8. The van der Waals surface area contributed by atoms with Crippen LogP contribution in [0.25, 0.3) is 0 Å². The lowest BCUT2D eigenvalue weighted by Gasteiger charge is -2.21. The molecule has 32 heavy (non-hydrogen) atoms. The lowest BCUT2D eigenvalue weighted by molar-refractivity contribution is -0.167. The molecule has 2 atom stereocenters. The Kier molecular flexibility index (Phi) is 7.97. The van der Waals surface area contributed by atoms with E-state index < -0.39 is 44.6 Å². The molecular formula is C20H25N3O7S2. The number of nitrogens with two attached hydrogens (primary N) is 1. The van der Waals surface area contributed by atoms with Crippen LogP contribution in [0.15, 0.2) is 45.8 Å². The largest absolute Gasteiger partial charge is 0.457 e. The number of oxime groups is 1. The van der Waals surface area contributed by atoms with Crippen molar-refractivity contribution in [3.63, 3.8) is 0 Å². The first-order chi connectivity index (χ1) is 14.8. The molecule has 12 heteroatoms. The normalized spacial score (nSPS) is 14.3. The van der Waals surface area contributed by atoms with E-state index in [0.29, 0.717) is 0 Å². The van der Waals surface area contributed by atoms with Crippen molar-refractivity contribution in [1.29, 1.82) is 0 Å². The number of benzene rings is 1. The fourth-order valence-corrected chi connectivity index (χ4v) is 3.90. The molecule has 0 saturated carbocycles. The average Bonchev–Trinajstić information content (AvgIpc) is 3.13. The number of ether oxygens (including phenoxy) is 2. The maximum Gasteiger partial charge on any atom is 0.364 e. The molecule has 0 aliphatic carbocycles. The van der Waals surface area contributed by atoms with Gasteiger partial charge in [-0.2, -0.15) is 0 Å². The Labute approximate surface area is 190 Å². The Balaban J connectivity index is 2.24. The molecule has 174 valence electrons. The molecule has 2 unspecified atom stereocenters. The van der Waals surface area contributed by atoms with E-state index in [9.17, 15) is 18.0 Å². The van der Waals surface area contributed by atoms with Gasteiger partial charge in [-0.1, -0.05) is 23.4 Å². The van der Waals surface area contributed by atoms with Gasteiger partial charge in [-0.25, -0.2) is 23.0 Å². The highest BCUT2D eigenvalue weighted by Crippen LogP contribution is 2.19. The highest BCUT2D eigenvalue weighted by Gasteiger charge is 2.31. The number of carbonyl (C=O) groups is 2. The van der Waals surface area contributed by atoms with E-state index in [-0.39, 0.29) is 15.7 Å². The summed E-state index contributed by atoms with van der Waals surface area (Å²) in [4.78, 5) is 34.0. The van der Waals surface area contributed by atoms with Crippen LogP contribution in [0.4, 0.5) is 5.13 Å². The van der Waals surface area contributed by atoms with Crippen molar-refractivity contribution in [3.8, 4) is 0 Å². The zero-order valence-electron chi connectivity index (χ0n) is 18.3. The van der Waals surface area contributed by atoms with E-state index in [2.05, 4.69) is 10.1 Å². The van der Waals surface area contributed by atoms with E-state index in [0.717, 1.165) is 11.3 Å². The highest BCUT2D eigenvalue weighted by atomic mass is 32.2. The van der Waals surface area contributed by atoms with Crippen LogP contribution in [-0.2, 0) is 33.7 Å². The number of hydrogen-bond donors (Lipinski definition) is 1. The first-order valence-electron chi connectivity index (χ1n) is 9.49. The van der Waals surface area contributed by atoms with Gasteiger partial charge in [0.25, 0.3) is 0 Å². The van der Waals surface area contributed by atoms with Gasteiger partial charge in [0.05, 0.1) is 4.90 Å². The standard InChI is InChI=1S/C20H25N3O7S2/c1-12(17(24)29-20(3,4)5)30-23-16(15-11-31-19(21)22-15)18(25)28-13(2)32(26,27)14-9-7-6-8-10-14/h6-13H,1-5H3,(H2,21,22). The molecule has 0 aliphatic heterocycles. The number of hydrogen-bond acceptors (Lipinski definition) is 11. The number of sulfone groups is 1. The van der Waals surface area contributed by atoms with Gasteiger partial charge in [0.15, 0.2) is 5.13 Å². The molecule has 2 aromatic rings. The number of aromatic nitrogens is 1. The molecule has 10 nitrogen and oxygen atoms in total. The second-order valence-electron chi connectivity index (χ2n) is 7.62. The summed E-state index contributed by atoms with van der Waals surface area (Å²) in [6, 6.07) is 7.55. The van der Waals surface area contributed by atoms with Crippen LogP contribution in [0.5, 0.6) is 0 Å². The smallest absolute Gasteiger partial charge is 0.364 e. The zero-order chi connectivity index (χ0) is 24.1. The second-order valence-corrected chi connectivity index (χ2v) is 10.7. The second kappa shape index (κ2) is 10.1. The van der Waals surface area contributed by atoms with Gasteiger partial charge in [-0.05, 0) is 46.8 Å². The van der Waals surface area contributed by atoms with Gasteiger partial charge >= 0.3 is 11.9 Å². The van der Waals surface area contributed by atoms with Crippen LogP contribution in [-0.4, -0.2) is 48.2 Å². The van der Waals surface area contributed by atoms with E-state index in [1.54, 1.807) is 39.0 Å². The first-order valence-corrected chi connectivity index (χ1v) is 11.9. The minimum Gasteiger partial charge on any atom is -0.457 e. The summed E-state index contributed by atoms with van der Waals surface area (Å²) in [6.45, 7) is 7.68. The Morgan fingerprint density at radius 1 is 1.16 bits per heavy atom. The number of anilines is 1. The molecule has 0 fully saturated rings. The number of nitrogen functional groups attached to an aromatic ring is 1. The highest BCUT2D eigenvalue weighted by molar-refractivity contribution is 7.91. The summed E-state index contributed by atoms with van der Waals surface area (Å²) in [5.41, 5.74) is 2.93. The van der Waals surface area contributed by atoms with Gasteiger partial charge in [0.2, 0.25) is 27.1 Å². The van der Waals surface area contributed by atoms with Crippen molar-refractivity contribution in [2.24, 2.45) is 5.16 Å². The minimum absolute atomic E-state index is 0.00788. The van der Waals surface area contributed by atoms with Crippen molar-refractivity contribution < 1.29 is 32.3 Å². The Morgan fingerprint density at radius 3 is 2.31 bits per heavy atom. The van der Waals surface area contributed by atoms with Gasteiger partial charge < -0.3 is 20.0 Å². The van der Waals surface area contributed by atoms with Crippen LogP contribution in [0.1, 0.15) is 40.3 Å². The number of thiazole rings is 1.